The van der Waals surface area contributed by atoms with Gasteiger partial charge in [0.15, 0.2) is 0 Å². The van der Waals surface area contributed by atoms with Crippen LogP contribution in [0.1, 0.15) is 64.5 Å². The molecule has 0 saturated heterocycles. The third-order valence-corrected chi connectivity index (χ3v) is 3.34. The Bertz CT molecular complexity index is 519. The molecule has 0 atom stereocenters. The minimum absolute atomic E-state index is 0.399. The lowest BCUT2D eigenvalue weighted by molar-refractivity contribution is -0.104. The Kier molecular flexibility index (Phi) is 9.93. The summed E-state index contributed by atoms with van der Waals surface area (Å²) in [7, 11) is 0. The van der Waals surface area contributed by atoms with E-state index in [0.717, 1.165) is 30.3 Å². The maximum absolute atomic E-state index is 10.0. The van der Waals surface area contributed by atoms with Gasteiger partial charge in [-0.3, -0.25) is 4.79 Å². The van der Waals surface area contributed by atoms with Crippen molar-refractivity contribution in [3.8, 4) is 5.75 Å². The molecule has 0 saturated carbocycles. The number of hydrogen-bond acceptors (Lipinski definition) is 2. The van der Waals surface area contributed by atoms with Gasteiger partial charge in [0.2, 0.25) is 0 Å². The van der Waals surface area contributed by atoms with Crippen LogP contribution in [0.3, 0.4) is 0 Å². The summed E-state index contributed by atoms with van der Waals surface area (Å²) in [5.74, 6) is 0.887. The van der Waals surface area contributed by atoms with Crippen molar-refractivity contribution in [2.75, 3.05) is 0 Å². The van der Waals surface area contributed by atoms with Crippen molar-refractivity contribution >= 4 is 6.29 Å². The van der Waals surface area contributed by atoms with Crippen molar-refractivity contribution in [1.29, 1.82) is 0 Å². The molecule has 0 fully saturated rings. The first-order valence-corrected chi connectivity index (χ1v) is 7.81. The van der Waals surface area contributed by atoms with E-state index in [9.17, 15) is 9.90 Å². The molecule has 1 aromatic rings. The number of carbonyl (C=O) groups is 1. The topological polar surface area (TPSA) is 37.3 Å². The van der Waals surface area contributed by atoms with Gasteiger partial charge in [-0.1, -0.05) is 43.2 Å². The second kappa shape index (κ2) is 10.8. The summed E-state index contributed by atoms with van der Waals surface area (Å²) in [6.45, 7) is 12.3. The molecule has 1 rings (SSSR count). The maximum Gasteiger partial charge on any atom is 0.142 e. The highest BCUT2D eigenvalue weighted by atomic mass is 16.3. The monoisotopic (exact) mass is 302 g/mol. The number of benzene rings is 1. The van der Waals surface area contributed by atoms with Gasteiger partial charge in [-0.25, -0.2) is 0 Å². The van der Waals surface area contributed by atoms with Crippen LogP contribution in [-0.4, -0.2) is 11.4 Å². The van der Waals surface area contributed by atoms with Gasteiger partial charge in [0.05, 0.1) is 0 Å². The van der Waals surface area contributed by atoms with E-state index in [1.54, 1.807) is 6.08 Å². The molecular formula is C20H30O2. The number of allylic oxidation sites excluding steroid dienone is 4. The Hall–Kier alpha value is -1.83. The largest absolute Gasteiger partial charge is 0.508 e. The number of phenolic OH excluding ortho intramolecular Hbond substituents is 1. The predicted molar refractivity (Wildman–Crippen MR) is 95.4 cm³/mol. The van der Waals surface area contributed by atoms with E-state index in [2.05, 4.69) is 39.8 Å². The SMILES string of the molecule is CC(C)=CCC/C(C)=C/C=O.Cc1ccc(C(C)C)cc1O. The average molecular weight is 302 g/mol. The van der Waals surface area contributed by atoms with Gasteiger partial charge in [-0.15, -0.1) is 0 Å². The van der Waals surface area contributed by atoms with E-state index in [1.807, 2.05) is 26.0 Å². The number of carbonyl (C=O) groups excluding carboxylic acids is 1. The first-order valence-electron chi connectivity index (χ1n) is 7.81. The van der Waals surface area contributed by atoms with E-state index in [4.69, 9.17) is 0 Å². The van der Waals surface area contributed by atoms with Gasteiger partial charge >= 0.3 is 0 Å². The Morgan fingerprint density at radius 3 is 2.32 bits per heavy atom. The Balaban J connectivity index is 0.000000401. The van der Waals surface area contributed by atoms with Crippen LogP contribution in [0.15, 0.2) is 41.5 Å². The van der Waals surface area contributed by atoms with Gasteiger partial charge in [0.1, 0.15) is 12.0 Å². The number of hydrogen-bond donors (Lipinski definition) is 1. The molecule has 1 aromatic carbocycles. The molecule has 0 aromatic heterocycles. The summed E-state index contributed by atoms with van der Waals surface area (Å²) >= 11 is 0. The van der Waals surface area contributed by atoms with E-state index in [0.29, 0.717) is 11.7 Å². The summed E-state index contributed by atoms with van der Waals surface area (Å²) in [6, 6.07) is 5.84. The first-order chi connectivity index (χ1) is 10.3. The quantitative estimate of drug-likeness (QED) is 0.430. The molecule has 0 aliphatic heterocycles. The normalized spacial score (nSPS) is 10.8. The van der Waals surface area contributed by atoms with Crippen LogP contribution in [0.2, 0.25) is 0 Å². The predicted octanol–water partition coefficient (Wildman–Crippen LogP) is 5.70. The standard InChI is InChI=1S/C10H14O.C10H16O/c1-7(2)9-5-4-8(3)10(11)6-9;1-9(2)5-4-6-10(3)7-8-11/h4-7,11H,1-3H3;5,7-8H,4,6H2,1-3H3/b;10-7+. The Labute approximate surface area is 135 Å². The Morgan fingerprint density at radius 2 is 1.86 bits per heavy atom. The van der Waals surface area contributed by atoms with Crippen LogP contribution in [0.4, 0.5) is 0 Å². The molecule has 22 heavy (non-hydrogen) atoms. The Morgan fingerprint density at radius 1 is 1.23 bits per heavy atom. The molecule has 0 spiro atoms. The average Bonchev–Trinajstić information content (AvgIpc) is 2.42. The number of aldehydes is 1. The molecule has 0 unspecified atom stereocenters. The van der Waals surface area contributed by atoms with Crippen molar-refractivity contribution < 1.29 is 9.90 Å². The van der Waals surface area contributed by atoms with E-state index in [-0.39, 0.29) is 0 Å². The van der Waals surface area contributed by atoms with Crippen LogP contribution in [0.5, 0.6) is 5.75 Å². The molecule has 2 nitrogen and oxygen atoms in total. The van der Waals surface area contributed by atoms with E-state index < -0.39 is 0 Å². The third-order valence-electron chi connectivity index (χ3n) is 3.34. The molecular weight excluding hydrogens is 272 g/mol. The number of aryl methyl sites for hydroxylation is 1. The van der Waals surface area contributed by atoms with Crippen LogP contribution >= 0.6 is 0 Å². The number of rotatable bonds is 5. The zero-order valence-electron chi connectivity index (χ0n) is 14.8. The molecule has 122 valence electrons. The molecule has 0 aliphatic rings. The molecule has 0 heterocycles. The van der Waals surface area contributed by atoms with Crippen LogP contribution < -0.4 is 0 Å². The van der Waals surface area contributed by atoms with Crippen LogP contribution in [0, 0.1) is 6.92 Å². The smallest absolute Gasteiger partial charge is 0.142 e. The second-order valence-electron chi connectivity index (χ2n) is 6.17. The van der Waals surface area contributed by atoms with Gasteiger partial charge < -0.3 is 5.11 Å². The molecule has 1 N–H and O–H groups in total. The summed E-state index contributed by atoms with van der Waals surface area (Å²) in [6.07, 6.45) is 6.68. The number of phenols is 1. The summed E-state index contributed by atoms with van der Waals surface area (Å²) in [5.41, 5.74) is 4.61. The molecule has 0 bridgehead atoms. The summed E-state index contributed by atoms with van der Waals surface area (Å²) in [4.78, 5) is 10.0. The zero-order chi connectivity index (χ0) is 17.1. The fraction of sp³-hybridized carbons (Fsp3) is 0.450. The highest BCUT2D eigenvalue weighted by Crippen LogP contribution is 2.22. The fourth-order valence-corrected chi connectivity index (χ4v) is 1.77. The van der Waals surface area contributed by atoms with Crippen molar-refractivity contribution in [2.45, 2.75) is 60.3 Å². The van der Waals surface area contributed by atoms with Crippen LogP contribution in [-0.2, 0) is 4.79 Å². The van der Waals surface area contributed by atoms with Crippen LogP contribution in [0.25, 0.3) is 0 Å². The lowest BCUT2D eigenvalue weighted by Gasteiger charge is -2.06. The van der Waals surface area contributed by atoms with Crippen molar-refractivity contribution in [1.82, 2.24) is 0 Å². The van der Waals surface area contributed by atoms with Gasteiger partial charge in [-0.05, 0) is 69.7 Å². The van der Waals surface area contributed by atoms with Gasteiger partial charge in [-0.2, -0.15) is 0 Å². The summed E-state index contributed by atoms with van der Waals surface area (Å²) < 4.78 is 0. The first kappa shape index (κ1) is 20.2. The van der Waals surface area contributed by atoms with Crippen molar-refractivity contribution in [3.05, 3.63) is 52.6 Å². The van der Waals surface area contributed by atoms with Crippen molar-refractivity contribution in [3.63, 3.8) is 0 Å². The highest BCUT2D eigenvalue weighted by Gasteiger charge is 2.01. The molecule has 0 amide bonds. The second-order valence-corrected chi connectivity index (χ2v) is 6.17. The summed E-state index contributed by atoms with van der Waals surface area (Å²) in [5, 5.41) is 9.35. The zero-order valence-corrected chi connectivity index (χ0v) is 14.8. The minimum atomic E-state index is 0.399. The minimum Gasteiger partial charge on any atom is -0.508 e. The molecule has 2 heteroatoms. The third kappa shape index (κ3) is 9.17. The van der Waals surface area contributed by atoms with Gasteiger partial charge in [0.25, 0.3) is 0 Å². The lowest BCUT2D eigenvalue weighted by atomic mass is 10.0. The fourth-order valence-electron chi connectivity index (χ4n) is 1.77. The maximum atomic E-state index is 10.0. The lowest BCUT2D eigenvalue weighted by Crippen LogP contribution is -1.86. The van der Waals surface area contributed by atoms with Crippen molar-refractivity contribution in [2.24, 2.45) is 0 Å². The molecule has 0 radical (unpaired) electrons. The van der Waals surface area contributed by atoms with E-state index in [1.165, 1.54) is 11.1 Å². The molecule has 0 aliphatic carbocycles. The highest BCUT2D eigenvalue weighted by molar-refractivity contribution is 5.65. The van der Waals surface area contributed by atoms with Gasteiger partial charge in [0, 0.05) is 0 Å². The van der Waals surface area contributed by atoms with E-state index >= 15 is 0 Å². The number of aromatic hydroxyl groups is 1.